The van der Waals surface area contributed by atoms with E-state index in [1.54, 1.807) is 0 Å². The standard InChI is InChI=1S/C21H20O12/c1-6-14(26)16(28)18(30)21(31-6)33-20-10(24)2-7(3-11(20)25)19-17(29)15(27)13-9(23)4-8(22)5-12(13)32-19/h2-6,14,16,18,21-26,28-30H,1H3/t6-,14-,16+,18+,21-/m0/s1. The van der Waals surface area contributed by atoms with Crippen LogP contribution in [0.1, 0.15) is 6.92 Å². The third-order valence-corrected chi connectivity index (χ3v) is 5.29. The first-order valence-corrected chi connectivity index (χ1v) is 9.64. The Kier molecular flexibility index (Phi) is 5.46. The molecule has 12 nitrogen and oxygen atoms in total. The third kappa shape index (κ3) is 3.74. The van der Waals surface area contributed by atoms with Gasteiger partial charge in [0.25, 0.3) is 0 Å². The molecule has 0 aliphatic carbocycles. The number of phenols is 4. The summed E-state index contributed by atoms with van der Waals surface area (Å²) in [5.41, 5.74) is -1.47. The van der Waals surface area contributed by atoms with Gasteiger partial charge in [0.2, 0.25) is 23.2 Å². The van der Waals surface area contributed by atoms with E-state index in [0.717, 1.165) is 24.3 Å². The predicted molar refractivity (Wildman–Crippen MR) is 109 cm³/mol. The molecule has 2 heterocycles. The molecule has 1 aromatic heterocycles. The molecule has 0 unspecified atom stereocenters. The molecular weight excluding hydrogens is 444 g/mol. The summed E-state index contributed by atoms with van der Waals surface area (Å²) in [6, 6.07) is 3.84. The number of hydrogen-bond donors (Lipinski definition) is 8. The van der Waals surface area contributed by atoms with E-state index in [1.165, 1.54) is 6.92 Å². The number of aliphatic hydroxyl groups excluding tert-OH is 3. The van der Waals surface area contributed by atoms with Crippen molar-refractivity contribution >= 4 is 11.0 Å². The largest absolute Gasteiger partial charge is 0.508 e. The Morgan fingerprint density at radius 1 is 0.848 bits per heavy atom. The maximum atomic E-state index is 12.5. The van der Waals surface area contributed by atoms with Crippen molar-refractivity contribution in [3.8, 4) is 45.8 Å². The molecule has 4 rings (SSSR count). The summed E-state index contributed by atoms with van der Waals surface area (Å²) in [6.07, 6.45) is -7.20. The van der Waals surface area contributed by atoms with E-state index >= 15 is 0 Å². The average Bonchev–Trinajstić information content (AvgIpc) is 2.74. The van der Waals surface area contributed by atoms with Gasteiger partial charge in [-0.3, -0.25) is 4.79 Å². The van der Waals surface area contributed by atoms with Crippen LogP contribution in [0.4, 0.5) is 0 Å². The van der Waals surface area contributed by atoms with Crippen molar-refractivity contribution in [2.45, 2.75) is 37.6 Å². The van der Waals surface area contributed by atoms with Crippen molar-refractivity contribution in [3.05, 3.63) is 34.5 Å². The number of hydrogen-bond acceptors (Lipinski definition) is 12. The van der Waals surface area contributed by atoms with Crippen molar-refractivity contribution in [2.75, 3.05) is 0 Å². The van der Waals surface area contributed by atoms with Gasteiger partial charge in [-0.05, 0) is 19.1 Å². The molecular formula is C21H20O12. The van der Waals surface area contributed by atoms with E-state index in [0.29, 0.717) is 0 Å². The molecule has 0 spiro atoms. The van der Waals surface area contributed by atoms with Crippen molar-refractivity contribution < 1.29 is 54.7 Å². The zero-order valence-corrected chi connectivity index (χ0v) is 16.9. The number of phenolic OH excluding ortho intramolecular Hbond substituents is 4. The van der Waals surface area contributed by atoms with Crippen LogP contribution in [0.5, 0.6) is 34.5 Å². The molecule has 1 aliphatic heterocycles. The average molecular weight is 464 g/mol. The van der Waals surface area contributed by atoms with Gasteiger partial charge < -0.3 is 54.7 Å². The van der Waals surface area contributed by atoms with Gasteiger partial charge in [-0.1, -0.05) is 0 Å². The number of benzene rings is 2. The molecule has 2 aromatic carbocycles. The molecule has 1 fully saturated rings. The fourth-order valence-corrected chi connectivity index (χ4v) is 3.55. The van der Waals surface area contributed by atoms with E-state index in [9.17, 15) is 45.6 Å². The second-order valence-electron chi connectivity index (χ2n) is 7.59. The monoisotopic (exact) mass is 464 g/mol. The summed E-state index contributed by atoms with van der Waals surface area (Å²) in [5.74, 6) is -4.45. The molecule has 1 aliphatic rings. The number of aromatic hydroxyl groups is 5. The molecule has 8 N–H and O–H groups in total. The van der Waals surface area contributed by atoms with Gasteiger partial charge in [-0.2, -0.15) is 0 Å². The highest BCUT2D eigenvalue weighted by atomic mass is 16.7. The quantitative estimate of drug-likeness (QED) is 0.261. The number of aliphatic hydroxyl groups is 3. The van der Waals surface area contributed by atoms with Crippen molar-refractivity contribution in [2.24, 2.45) is 0 Å². The Bertz CT molecular complexity index is 1260. The Morgan fingerprint density at radius 3 is 2.12 bits per heavy atom. The maximum Gasteiger partial charge on any atom is 0.238 e. The first-order valence-electron chi connectivity index (χ1n) is 9.64. The molecule has 176 valence electrons. The van der Waals surface area contributed by atoms with Crippen molar-refractivity contribution in [3.63, 3.8) is 0 Å². The predicted octanol–water partition coefficient (Wildman–Crippen LogP) is 0.194. The van der Waals surface area contributed by atoms with Crippen LogP contribution in [0.2, 0.25) is 0 Å². The SMILES string of the molecule is C[C@@H]1O[C@@H](Oc2c(O)cc(-c3oc4cc(O)cc(O)c4c(=O)c3O)cc2O)[C@H](O)[C@H](O)[C@H]1O. The van der Waals surface area contributed by atoms with Gasteiger partial charge in [0, 0.05) is 17.7 Å². The highest BCUT2D eigenvalue weighted by molar-refractivity contribution is 5.88. The minimum atomic E-state index is -1.71. The maximum absolute atomic E-state index is 12.5. The molecule has 0 saturated carbocycles. The first-order chi connectivity index (χ1) is 15.5. The fourth-order valence-electron chi connectivity index (χ4n) is 3.55. The topological polar surface area (TPSA) is 211 Å². The van der Waals surface area contributed by atoms with Crippen LogP contribution in [-0.2, 0) is 4.74 Å². The third-order valence-electron chi connectivity index (χ3n) is 5.29. The lowest BCUT2D eigenvalue weighted by Gasteiger charge is -2.38. The van der Waals surface area contributed by atoms with Crippen molar-refractivity contribution in [1.29, 1.82) is 0 Å². The summed E-state index contributed by atoms with van der Waals surface area (Å²) in [6.45, 7) is 1.42. The summed E-state index contributed by atoms with van der Waals surface area (Å²) in [7, 11) is 0. The molecule has 12 heteroatoms. The Morgan fingerprint density at radius 2 is 1.48 bits per heavy atom. The van der Waals surface area contributed by atoms with E-state index in [-0.39, 0.29) is 16.5 Å². The summed E-state index contributed by atoms with van der Waals surface area (Å²) in [5, 5.41) is 79.9. The summed E-state index contributed by atoms with van der Waals surface area (Å²) < 4.78 is 16.0. The smallest absolute Gasteiger partial charge is 0.238 e. The minimum absolute atomic E-state index is 0.175. The summed E-state index contributed by atoms with van der Waals surface area (Å²) in [4.78, 5) is 12.5. The number of ether oxygens (including phenoxy) is 2. The highest BCUT2D eigenvalue weighted by Crippen LogP contribution is 2.44. The van der Waals surface area contributed by atoms with Crippen LogP contribution in [0, 0.1) is 0 Å². The van der Waals surface area contributed by atoms with Gasteiger partial charge in [-0.25, -0.2) is 0 Å². The molecule has 3 aromatic rings. The molecule has 0 radical (unpaired) electrons. The molecule has 1 saturated heterocycles. The molecule has 5 atom stereocenters. The van der Waals surface area contributed by atoms with Gasteiger partial charge >= 0.3 is 0 Å². The van der Waals surface area contributed by atoms with Crippen LogP contribution in [0.25, 0.3) is 22.3 Å². The second kappa shape index (κ2) is 8.01. The van der Waals surface area contributed by atoms with Crippen molar-refractivity contribution in [1.82, 2.24) is 0 Å². The van der Waals surface area contributed by atoms with Crippen LogP contribution in [0.15, 0.2) is 33.5 Å². The highest BCUT2D eigenvalue weighted by Gasteiger charge is 2.43. The minimum Gasteiger partial charge on any atom is -0.508 e. The normalized spacial score (nSPS) is 25.3. The Labute approximate surface area is 184 Å². The van der Waals surface area contributed by atoms with Crippen LogP contribution in [0.3, 0.4) is 0 Å². The molecule has 0 bridgehead atoms. The fraction of sp³-hybridized carbons (Fsp3) is 0.286. The lowest BCUT2D eigenvalue weighted by atomic mass is 10.00. The van der Waals surface area contributed by atoms with E-state index < -0.39 is 76.4 Å². The van der Waals surface area contributed by atoms with Crippen LogP contribution < -0.4 is 10.2 Å². The zero-order valence-electron chi connectivity index (χ0n) is 16.9. The van der Waals surface area contributed by atoms with Gasteiger partial charge in [0.1, 0.15) is 40.8 Å². The first kappa shape index (κ1) is 22.5. The Balaban J connectivity index is 1.75. The van der Waals surface area contributed by atoms with E-state index in [1.807, 2.05) is 0 Å². The second-order valence-corrected chi connectivity index (χ2v) is 7.59. The lowest BCUT2D eigenvalue weighted by Crippen LogP contribution is -2.58. The van der Waals surface area contributed by atoms with Gasteiger partial charge in [0.15, 0.2) is 17.3 Å². The zero-order chi connectivity index (χ0) is 24.2. The Hall–Kier alpha value is -3.71. The van der Waals surface area contributed by atoms with Gasteiger partial charge in [0.05, 0.1) is 6.10 Å². The number of fused-ring (bicyclic) bond motifs is 1. The van der Waals surface area contributed by atoms with E-state index in [2.05, 4.69) is 0 Å². The van der Waals surface area contributed by atoms with Gasteiger partial charge in [-0.15, -0.1) is 0 Å². The molecule has 0 amide bonds. The van der Waals surface area contributed by atoms with Crippen LogP contribution >= 0.6 is 0 Å². The van der Waals surface area contributed by atoms with E-state index in [4.69, 9.17) is 13.9 Å². The van der Waals surface area contributed by atoms with Crippen LogP contribution in [-0.4, -0.2) is 71.6 Å². The lowest BCUT2D eigenvalue weighted by molar-refractivity contribution is -0.268. The molecule has 33 heavy (non-hydrogen) atoms. The summed E-state index contributed by atoms with van der Waals surface area (Å²) >= 11 is 0. The number of rotatable bonds is 3.